The summed E-state index contributed by atoms with van der Waals surface area (Å²) in [6.45, 7) is 1.68. The van der Waals surface area contributed by atoms with Crippen LogP contribution >= 0.6 is 11.6 Å². The molecular formula is C17H16ClN3O. The molecule has 4 rings (SSSR count). The molecule has 2 aliphatic heterocycles. The monoisotopic (exact) mass is 313 g/mol. The first-order valence-electron chi connectivity index (χ1n) is 7.43. The van der Waals surface area contributed by atoms with Crippen LogP contribution in [-0.2, 0) is 0 Å². The fourth-order valence-corrected chi connectivity index (χ4v) is 3.38. The number of benzene rings is 2. The van der Waals surface area contributed by atoms with Crippen molar-refractivity contribution >= 4 is 23.3 Å². The van der Waals surface area contributed by atoms with E-state index in [1.165, 1.54) is 0 Å². The number of urea groups is 1. The Kier molecular flexibility index (Phi) is 3.28. The Morgan fingerprint density at radius 2 is 1.68 bits per heavy atom. The van der Waals surface area contributed by atoms with Gasteiger partial charge in [-0.3, -0.25) is 9.91 Å². The van der Waals surface area contributed by atoms with Gasteiger partial charge in [0, 0.05) is 23.8 Å². The van der Waals surface area contributed by atoms with Crippen LogP contribution in [0.4, 0.5) is 10.5 Å². The SMILES string of the molecule is O=C1N(c2ccc(Cl)cc2)[C@@H](c2ccccc2)N2CCCN12. The van der Waals surface area contributed by atoms with E-state index in [-0.39, 0.29) is 12.2 Å². The topological polar surface area (TPSA) is 26.8 Å². The Hall–Kier alpha value is -2.04. The van der Waals surface area contributed by atoms with Crippen LogP contribution < -0.4 is 4.90 Å². The van der Waals surface area contributed by atoms with E-state index in [9.17, 15) is 4.79 Å². The molecule has 0 N–H and O–H groups in total. The average Bonchev–Trinajstić information content (AvgIpc) is 3.12. The third kappa shape index (κ3) is 2.07. The molecule has 0 aliphatic carbocycles. The van der Waals surface area contributed by atoms with Gasteiger partial charge in [-0.25, -0.2) is 4.79 Å². The summed E-state index contributed by atoms with van der Waals surface area (Å²) in [6, 6.07) is 17.7. The van der Waals surface area contributed by atoms with Crippen LogP contribution in [0.1, 0.15) is 18.2 Å². The second-order valence-corrected chi connectivity index (χ2v) is 5.99. The number of nitrogens with zero attached hydrogens (tertiary/aromatic N) is 3. The molecule has 4 nitrogen and oxygen atoms in total. The maximum absolute atomic E-state index is 12.8. The number of halogens is 1. The minimum atomic E-state index is -0.0858. The van der Waals surface area contributed by atoms with E-state index in [2.05, 4.69) is 17.1 Å². The number of hydrogen-bond donors (Lipinski definition) is 0. The standard InChI is InChI=1S/C17H16ClN3O/c18-14-7-9-15(10-8-14)21-16(13-5-2-1-3-6-13)19-11-4-12-20(19)17(21)22/h1-3,5-10,16H,4,11-12H2/t16-/m0/s1. The maximum Gasteiger partial charge on any atom is 0.340 e. The van der Waals surface area contributed by atoms with Crippen molar-refractivity contribution in [1.29, 1.82) is 0 Å². The molecule has 2 aliphatic rings. The largest absolute Gasteiger partial charge is 0.340 e. The highest BCUT2D eigenvalue weighted by molar-refractivity contribution is 6.30. The molecule has 2 amide bonds. The average molecular weight is 314 g/mol. The lowest BCUT2D eigenvalue weighted by molar-refractivity contribution is 0.0728. The summed E-state index contributed by atoms with van der Waals surface area (Å²) in [5, 5.41) is 4.69. The van der Waals surface area contributed by atoms with E-state index < -0.39 is 0 Å². The fourth-order valence-electron chi connectivity index (χ4n) is 3.25. The smallest absolute Gasteiger partial charge is 0.271 e. The zero-order valence-corrected chi connectivity index (χ0v) is 12.8. The number of carbonyl (C=O) groups excluding carboxylic acids is 1. The highest BCUT2D eigenvalue weighted by Crippen LogP contribution is 2.40. The van der Waals surface area contributed by atoms with Gasteiger partial charge in [0.2, 0.25) is 0 Å². The van der Waals surface area contributed by atoms with Gasteiger partial charge in [0.15, 0.2) is 0 Å². The van der Waals surface area contributed by atoms with Gasteiger partial charge in [-0.1, -0.05) is 41.9 Å². The van der Waals surface area contributed by atoms with E-state index in [0.29, 0.717) is 5.02 Å². The van der Waals surface area contributed by atoms with Crippen LogP contribution in [0.2, 0.25) is 5.02 Å². The Bertz CT molecular complexity index is 689. The number of fused-ring (bicyclic) bond motifs is 1. The summed E-state index contributed by atoms with van der Waals surface area (Å²) < 4.78 is 0. The van der Waals surface area contributed by atoms with Crippen LogP contribution in [0.15, 0.2) is 54.6 Å². The molecule has 2 fully saturated rings. The first-order valence-corrected chi connectivity index (χ1v) is 7.81. The summed E-state index contributed by atoms with van der Waals surface area (Å²) in [5.74, 6) is 0. The van der Waals surface area contributed by atoms with Gasteiger partial charge < -0.3 is 0 Å². The van der Waals surface area contributed by atoms with Crippen LogP contribution in [0, 0.1) is 0 Å². The van der Waals surface area contributed by atoms with E-state index in [0.717, 1.165) is 30.8 Å². The molecule has 2 saturated heterocycles. The van der Waals surface area contributed by atoms with Crippen molar-refractivity contribution in [3.8, 4) is 0 Å². The Morgan fingerprint density at radius 1 is 0.955 bits per heavy atom. The second-order valence-electron chi connectivity index (χ2n) is 5.55. The van der Waals surface area contributed by atoms with E-state index >= 15 is 0 Å². The number of hydrogen-bond acceptors (Lipinski definition) is 2. The van der Waals surface area contributed by atoms with Gasteiger partial charge in [0.25, 0.3) is 0 Å². The molecule has 0 spiro atoms. The quantitative estimate of drug-likeness (QED) is 0.840. The summed E-state index contributed by atoms with van der Waals surface area (Å²) in [4.78, 5) is 14.7. The van der Waals surface area contributed by atoms with Crippen LogP contribution in [0.5, 0.6) is 0 Å². The Labute approximate surface area is 134 Å². The molecule has 0 aromatic heterocycles. The Morgan fingerprint density at radius 3 is 2.41 bits per heavy atom. The molecule has 112 valence electrons. The minimum Gasteiger partial charge on any atom is -0.271 e. The first-order chi connectivity index (χ1) is 10.8. The zero-order valence-electron chi connectivity index (χ0n) is 12.0. The van der Waals surface area contributed by atoms with Gasteiger partial charge in [0.05, 0.1) is 0 Å². The normalized spacial score (nSPS) is 21.5. The van der Waals surface area contributed by atoms with Crippen molar-refractivity contribution in [2.24, 2.45) is 0 Å². The molecular weight excluding hydrogens is 298 g/mol. The molecule has 2 heterocycles. The molecule has 0 bridgehead atoms. The van der Waals surface area contributed by atoms with E-state index in [1.54, 1.807) is 0 Å². The minimum absolute atomic E-state index is 0.0358. The molecule has 0 saturated carbocycles. The van der Waals surface area contributed by atoms with Crippen molar-refractivity contribution in [3.05, 3.63) is 65.2 Å². The fraction of sp³-hybridized carbons (Fsp3) is 0.235. The summed E-state index contributed by atoms with van der Waals surface area (Å²) in [5.41, 5.74) is 1.99. The molecule has 1 atom stereocenters. The lowest BCUT2D eigenvalue weighted by Gasteiger charge is -2.27. The van der Waals surface area contributed by atoms with Crippen molar-refractivity contribution in [3.63, 3.8) is 0 Å². The van der Waals surface area contributed by atoms with E-state index in [4.69, 9.17) is 11.6 Å². The molecule has 2 aromatic carbocycles. The maximum atomic E-state index is 12.8. The number of rotatable bonds is 2. The van der Waals surface area contributed by atoms with Gasteiger partial charge >= 0.3 is 6.03 Å². The van der Waals surface area contributed by atoms with Gasteiger partial charge in [0.1, 0.15) is 6.17 Å². The summed E-state index contributed by atoms with van der Waals surface area (Å²) >= 11 is 5.98. The van der Waals surface area contributed by atoms with Crippen LogP contribution in [-0.4, -0.2) is 29.1 Å². The lowest BCUT2D eigenvalue weighted by Crippen LogP contribution is -2.32. The third-order valence-electron chi connectivity index (χ3n) is 4.22. The van der Waals surface area contributed by atoms with Crippen molar-refractivity contribution in [2.45, 2.75) is 12.6 Å². The third-order valence-corrected chi connectivity index (χ3v) is 4.48. The zero-order chi connectivity index (χ0) is 15.1. The summed E-state index contributed by atoms with van der Waals surface area (Å²) in [7, 11) is 0. The Balaban J connectivity index is 1.80. The predicted molar refractivity (Wildman–Crippen MR) is 86.5 cm³/mol. The second kappa shape index (κ2) is 5.30. The number of hydrazine groups is 1. The van der Waals surface area contributed by atoms with Gasteiger partial charge in [-0.2, -0.15) is 5.01 Å². The van der Waals surface area contributed by atoms with Gasteiger partial charge in [-0.15, -0.1) is 0 Å². The molecule has 5 heteroatoms. The number of anilines is 1. The van der Waals surface area contributed by atoms with E-state index in [1.807, 2.05) is 52.4 Å². The van der Waals surface area contributed by atoms with Crippen LogP contribution in [0.3, 0.4) is 0 Å². The van der Waals surface area contributed by atoms with Crippen LogP contribution in [0.25, 0.3) is 0 Å². The highest BCUT2D eigenvalue weighted by Gasteiger charge is 2.47. The number of amides is 2. The van der Waals surface area contributed by atoms with Gasteiger partial charge in [-0.05, 0) is 36.2 Å². The van der Waals surface area contributed by atoms with Crippen molar-refractivity contribution in [1.82, 2.24) is 10.0 Å². The highest BCUT2D eigenvalue weighted by atomic mass is 35.5. The molecule has 22 heavy (non-hydrogen) atoms. The number of carbonyl (C=O) groups is 1. The molecule has 2 aromatic rings. The van der Waals surface area contributed by atoms with Crippen molar-refractivity contribution < 1.29 is 4.79 Å². The molecule has 0 radical (unpaired) electrons. The molecule has 0 unspecified atom stereocenters. The predicted octanol–water partition coefficient (Wildman–Crippen LogP) is 3.90. The first kappa shape index (κ1) is 13.6. The van der Waals surface area contributed by atoms with Crippen molar-refractivity contribution in [2.75, 3.05) is 18.0 Å². The summed E-state index contributed by atoms with van der Waals surface area (Å²) in [6.07, 6.45) is 0.932. The lowest BCUT2D eigenvalue weighted by atomic mass is 10.1.